The summed E-state index contributed by atoms with van der Waals surface area (Å²) >= 11 is 0. The predicted molar refractivity (Wildman–Crippen MR) is 272 cm³/mol. The van der Waals surface area contributed by atoms with Crippen LogP contribution in [0.2, 0.25) is 0 Å². The molecule has 3 aliphatic heterocycles. The van der Waals surface area contributed by atoms with Gasteiger partial charge >= 0.3 is 11.9 Å². The summed E-state index contributed by atoms with van der Waals surface area (Å²) in [6, 6.07) is -1.22. The van der Waals surface area contributed by atoms with Crippen LogP contribution in [0.25, 0.3) is 0 Å². The number of piperidine rings is 1. The number of hydrogen-bond donors (Lipinski definition) is 4. The molecule has 4 rings (SSSR count). The number of carbonyl (C=O) groups is 7. The number of cyclic esters (lactones) is 1. The maximum Gasteiger partial charge on any atom is 0.329 e. The molecule has 18 nitrogen and oxygen atoms in total. The van der Waals surface area contributed by atoms with E-state index in [1.807, 2.05) is 13.8 Å². The number of Topliss-reactive ketones (excluding diaryl/α,β-unsaturated/α-hetero) is 4. The van der Waals surface area contributed by atoms with E-state index in [2.05, 4.69) is 0 Å². The van der Waals surface area contributed by atoms with Gasteiger partial charge in [-0.05, 0) is 108 Å². The normalized spacial score (nSPS) is 36.9. The van der Waals surface area contributed by atoms with Crippen LogP contribution in [0, 0.1) is 40.9 Å². The lowest BCUT2D eigenvalue weighted by molar-refractivity contribution is -0.265. The molecule has 0 aromatic heterocycles. The van der Waals surface area contributed by atoms with Gasteiger partial charge in [0.2, 0.25) is 5.79 Å². The van der Waals surface area contributed by atoms with Gasteiger partial charge in [0.1, 0.15) is 47.4 Å². The van der Waals surface area contributed by atoms with Crippen molar-refractivity contribution in [3.8, 4) is 0 Å². The first-order chi connectivity index (χ1) is 34.9. The Balaban J connectivity index is 1.70. The highest BCUT2D eigenvalue weighted by molar-refractivity contribution is 6.39. The zero-order valence-electron chi connectivity index (χ0n) is 45.7. The summed E-state index contributed by atoms with van der Waals surface area (Å²) < 4.78 is 35.3. The van der Waals surface area contributed by atoms with E-state index in [9.17, 15) is 54.0 Å². The van der Waals surface area contributed by atoms with Crippen molar-refractivity contribution in [3.63, 3.8) is 0 Å². The molecule has 0 aromatic rings. The highest BCUT2D eigenvalue weighted by Crippen LogP contribution is 2.38. The SMILES string of the molecule is CO[C@H]1C[C@@H]2CC[C@@H](C)[C@@](O)(O2)C(=O)C(=O)N2CCCC[C@H]2C(=O)O[C@H]([C@H](C)C[C@H]2CC[C@@H](OC(=O)C(C)(CO)CO)[C@H](OC)C2)CC(=O)[C@H](C)/C=C(\C)[C@@H](O)[C@@H](OC)C(=O)[C@H](C)C[C@H](C)C(=O)C/C=C/C=C/1C. The number of aliphatic hydroxyl groups excluding tert-OH is 3. The molecule has 3 heterocycles. The van der Waals surface area contributed by atoms with Crippen molar-refractivity contribution in [1.82, 2.24) is 4.90 Å². The Labute approximate surface area is 437 Å². The third-order valence-electron chi connectivity index (χ3n) is 16.2. The van der Waals surface area contributed by atoms with Gasteiger partial charge in [-0.15, -0.1) is 0 Å². The first-order valence-corrected chi connectivity index (χ1v) is 26.7. The minimum atomic E-state index is -2.50. The van der Waals surface area contributed by atoms with Crippen LogP contribution in [0.3, 0.4) is 0 Å². The van der Waals surface area contributed by atoms with Gasteiger partial charge in [-0.1, -0.05) is 58.9 Å². The van der Waals surface area contributed by atoms with Crippen LogP contribution in [0.15, 0.2) is 35.5 Å². The number of methoxy groups -OCH3 is 3. The van der Waals surface area contributed by atoms with Crippen LogP contribution in [0.1, 0.15) is 139 Å². The number of amides is 1. The summed E-state index contributed by atoms with van der Waals surface area (Å²) in [7, 11) is 4.33. The number of ether oxygens (including phenoxy) is 6. The van der Waals surface area contributed by atoms with Crippen molar-refractivity contribution in [1.29, 1.82) is 0 Å². The molecular formula is C56H87NO17. The van der Waals surface area contributed by atoms with Gasteiger partial charge in [0.15, 0.2) is 5.78 Å². The molecular weight excluding hydrogens is 959 g/mol. The van der Waals surface area contributed by atoms with Crippen molar-refractivity contribution in [2.75, 3.05) is 41.1 Å². The Morgan fingerprint density at radius 3 is 2.18 bits per heavy atom. The molecule has 1 saturated carbocycles. The Morgan fingerprint density at radius 2 is 1.54 bits per heavy atom. The maximum absolute atomic E-state index is 14.5. The molecule has 0 unspecified atom stereocenters. The monoisotopic (exact) mass is 1050 g/mol. The minimum absolute atomic E-state index is 0.0281. The van der Waals surface area contributed by atoms with Gasteiger partial charge in [-0.25, -0.2) is 4.79 Å². The highest BCUT2D eigenvalue weighted by atomic mass is 16.6. The van der Waals surface area contributed by atoms with E-state index in [-0.39, 0.29) is 56.1 Å². The van der Waals surface area contributed by atoms with E-state index in [0.29, 0.717) is 56.9 Å². The molecule has 1 aliphatic carbocycles. The zero-order valence-corrected chi connectivity index (χ0v) is 45.7. The molecule has 0 radical (unpaired) electrons. The summed E-state index contributed by atoms with van der Waals surface area (Å²) in [5.74, 6) is -10.5. The van der Waals surface area contributed by atoms with Gasteiger partial charge in [0, 0.05) is 70.8 Å². The molecule has 0 aromatic carbocycles. The summed E-state index contributed by atoms with van der Waals surface area (Å²) in [5, 5.41) is 43.1. The van der Waals surface area contributed by atoms with E-state index >= 15 is 0 Å². The quantitative estimate of drug-likeness (QED) is 0.126. The lowest BCUT2D eigenvalue weighted by Crippen LogP contribution is -2.61. The predicted octanol–water partition coefficient (Wildman–Crippen LogP) is 5.13. The highest BCUT2D eigenvalue weighted by Gasteiger charge is 2.53. The molecule has 2 bridgehead atoms. The van der Waals surface area contributed by atoms with E-state index < -0.39 is 132 Å². The van der Waals surface area contributed by atoms with Crippen LogP contribution in [-0.4, -0.2) is 162 Å². The van der Waals surface area contributed by atoms with Gasteiger partial charge < -0.3 is 53.7 Å². The second-order valence-corrected chi connectivity index (χ2v) is 22.1. The molecule has 15 atom stereocenters. The fraction of sp³-hybridized carbons (Fsp3) is 0.768. The number of carbonyl (C=O) groups excluding carboxylic acids is 7. The molecule has 18 heteroatoms. The summed E-state index contributed by atoms with van der Waals surface area (Å²) in [5.41, 5.74) is -0.421. The number of nitrogens with zero attached hydrogens (tertiary/aromatic N) is 1. The molecule has 2 saturated heterocycles. The Hall–Kier alpha value is -4.01. The zero-order chi connectivity index (χ0) is 55.2. The van der Waals surface area contributed by atoms with Crippen LogP contribution in [-0.2, 0) is 62.0 Å². The number of ketones is 4. The third kappa shape index (κ3) is 15.8. The van der Waals surface area contributed by atoms with Crippen molar-refractivity contribution >= 4 is 41.0 Å². The number of aliphatic hydroxyl groups is 4. The molecule has 3 fully saturated rings. The van der Waals surface area contributed by atoms with Gasteiger partial charge in [0.05, 0.1) is 31.5 Å². The average Bonchev–Trinajstić information content (AvgIpc) is 3.38. The molecule has 4 N–H and O–H groups in total. The summed E-state index contributed by atoms with van der Waals surface area (Å²) in [4.78, 5) is 98.7. The first kappa shape index (κ1) is 62.5. The Bertz CT molecular complexity index is 2050. The second-order valence-electron chi connectivity index (χ2n) is 22.1. The van der Waals surface area contributed by atoms with E-state index in [1.165, 1.54) is 28.3 Å². The lowest BCUT2D eigenvalue weighted by atomic mass is 9.78. The number of hydrogen-bond acceptors (Lipinski definition) is 17. The topological polar surface area (TPSA) is 259 Å². The molecule has 74 heavy (non-hydrogen) atoms. The standard InChI is InChI=1S/C56H87NO17/c1-32-16-12-13-18-42(60)33(2)24-36(5)48(62)50(71-11)49(63)37(6)25-34(3)43(61)29-46(35(4)26-39-20-22-44(47(27-39)70-10)73-54(67)55(8,30-58)31-59)72-53(66)41-17-14-15-23-57(41)52(65)51(64)56(68)38(7)19-21-40(74-56)28-45(32)69-9/h12-13,16,25,33-36,38-41,44-47,49-50,58-59,63,68H,14-15,17-24,26-31H2,1-11H3/b13-12+,32-16+,37-25+/t33-,34+,35+,36+,38+,39+,40-,41-,44+,45-,46-,47+,49+,50-,56+/m0/s1. The van der Waals surface area contributed by atoms with Crippen LogP contribution in [0.4, 0.5) is 0 Å². The fourth-order valence-electron chi connectivity index (χ4n) is 10.8. The van der Waals surface area contributed by atoms with Crippen molar-refractivity contribution < 1.29 is 82.4 Å². The maximum atomic E-state index is 14.5. The second kappa shape index (κ2) is 28.4. The fourth-order valence-corrected chi connectivity index (χ4v) is 10.8. The average molecular weight is 1050 g/mol. The minimum Gasteiger partial charge on any atom is -0.460 e. The lowest BCUT2D eigenvalue weighted by Gasteiger charge is -2.42. The van der Waals surface area contributed by atoms with E-state index in [0.717, 1.165) is 10.5 Å². The molecule has 4 aliphatic rings. The largest absolute Gasteiger partial charge is 0.460 e. The summed E-state index contributed by atoms with van der Waals surface area (Å²) in [6.45, 7) is 12.2. The van der Waals surface area contributed by atoms with Gasteiger partial charge in [-0.3, -0.25) is 28.8 Å². The smallest absolute Gasteiger partial charge is 0.329 e. The van der Waals surface area contributed by atoms with Crippen molar-refractivity contribution in [3.05, 3.63) is 35.5 Å². The van der Waals surface area contributed by atoms with E-state index in [1.54, 1.807) is 58.9 Å². The van der Waals surface area contributed by atoms with Crippen LogP contribution >= 0.6 is 0 Å². The number of allylic oxidation sites excluding steroid dienone is 4. The van der Waals surface area contributed by atoms with E-state index in [4.69, 9.17) is 28.4 Å². The Morgan fingerprint density at radius 1 is 0.851 bits per heavy atom. The number of fused-ring (bicyclic) bond motifs is 3. The van der Waals surface area contributed by atoms with Crippen LogP contribution in [0.5, 0.6) is 0 Å². The van der Waals surface area contributed by atoms with Gasteiger partial charge in [0.25, 0.3) is 11.7 Å². The molecule has 418 valence electrons. The first-order valence-electron chi connectivity index (χ1n) is 26.7. The summed E-state index contributed by atoms with van der Waals surface area (Å²) in [6.07, 6.45) is 4.72. The number of esters is 2. The molecule has 1 amide bonds. The van der Waals surface area contributed by atoms with Gasteiger partial charge in [-0.2, -0.15) is 0 Å². The van der Waals surface area contributed by atoms with Crippen LogP contribution < -0.4 is 0 Å². The molecule has 0 spiro atoms. The third-order valence-corrected chi connectivity index (χ3v) is 16.2. The van der Waals surface area contributed by atoms with Crippen molar-refractivity contribution in [2.45, 2.75) is 193 Å². The Kier molecular flexibility index (Phi) is 24.0. The number of rotatable bonds is 10. The van der Waals surface area contributed by atoms with Crippen molar-refractivity contribution in [2.24, 2.45) is 40.9 Å².